The van der Waals surface area contributed by atoms with Crippen LogP contribution in [0.5, 0.6) is 0 Å². The summed E-state index contributed by atoms with van der Waals surface area (Å²) < 4.78 is 2.19. The summed E-state index contributed by atoms with van der Waals surface area (Å²) in [4.78, 5) is 21.1. The van der Waals surface area contributed by atoms with E-state index in [1.54, 1.807) is 0 Å². The Morgan fingerprint density at radius 2 is 2.00 bits per heavy atom. The monoisotopic (exact) mass is 382 g/mol. The maximum atomic E-state index is 11.6. The van der Waals surface area contributed by atoms with E-state index in [4.69, 9.17) is 10.7 Å². The number of carbonyl (C=O) groups excluding carboxylic acids is 1. The Bertz CT molecular complexity index is 949. The minimum atomic E-state index is -0.111. The Hall–Kier alpha value is -2.67. The average Bonchev–Trinajstić information content (AvgIpc) is 3.10. The van der Waals surface area contributed by atoms with Gasteiger partial charge in [0.15, 0.2) is 0 Å². The Labute approximate surface area is 165 Å². The van der Waals surface area contributed by atoms with Gasteiger partial charge in [0.25, 0.3) is 0 Å². The van der Waals surface area contributed by atoms with Crippen LogP contribution < -0.4 is 16.4 Å². The van der Waals surface area contributed by atoms with Crippen molar-refractivity contribution in [3.05, 3.63) is 36.3 Å². The van der Waals surface area contributed by atoms with Crippen molar-refractivity contribution < 1.29 is 4.79 Å². The second-order valence-electron chi connectivity index (χ2n) is 7.55. The molecule has 0 aliphatic heterocycles. The number of aromatic nitrogens is 3. The summed E-state index contributed by atoms with van der Waals surface area (Å²) in [6.45, 7) is 8.02. The van der Waals surface area contributed by atoms with Crippen molar-refractivity contribution in [1.29, 1.82) is 0 Å². The van der Waals surface area contributed by atoms with Crippen molar-refractivity contribution in [1.82, 2.24) is 25.2 Å². The highest BCUT2D eigenvalue weighted by molar-refractivity contribution is 6.03. The molecule has 2 aromatic heterocycles. The molecule has 0 radical (unpaired) electrons. The third kappa shape index (κ3) is 4.42. The largest absolute Gasteiger partial charge is 0.338 e. The zero-order valence-electron chi connectivity index (χ0n) is 16.9. The second kappa shape index (κ2) is 9.01. The summed E-state index contributed by atoms with van der Waals surface area (Å²) in [6.07, 6.45) is 3.75. The summed E-state index contributed by atoms with van der Waals surface area (Å²) in [6, 6.07) is 8.20. The van der Waals surface area contributed by atoms with Gasteiger partial charge in [0.2, 0.25) is 0 Å². The van der Waals surface area contributed by atoms with Crippen LogP contribution in [0, 0.1) is 0 Å². The molecule has 2 heterocycles. The van der Waals surface area contributed by atoms with Crippen LogP contribution in [-0.4, -0.2) is 39.7 Å². The van der Waals surface area contributed by atoms with Crippen molar-refractivity contribution in [2.45, 2.75) is 52.1 Å². The number of aryl methyl sites for hydroxylation is 1. The molecule has 150 valence electrons. The van der Waals surface area contributed by atoms with E-state index < -0.39 is 0 Å². The van der Waals surface area contributed by atoms with E-state index in [2.05, 4.69) is 33.2 Å². The highest BCUT2D eigenvalue weighted by atomic mass is 16.2. The maximum Gasteiger partial charge on any atom is 0.314 e. The first-order valence-electron chi connectivity index (χ1n) is 9.99. The van der Waals surface area contributed by atoms with Gasteiger partial charge in [-0.3, -0.25) is 4.98 Å². The molecule has 3 rings (SSSR count). The minimum Gasteiger partial charge on any atom is -0.338 e. The van der Waals surface area contributed by atoms with Crippen molar-refractivity contribution in [3.63, 3.8) is 0 Å². The first-order chi connectivity index (χ1) is 13.5. The van der Waals surface area contributed by atoms with Crippen molar-refractivity contribution in [2.75, 3.05) is 13.1 Å². The van der Waals surface area contributed by atoms with Crippen LogP contribution in [-0.2, 0) is 6.54 Å². The number of imidazole rings is 1. The van der Waals surface area contributed by atoms with Gasteiger partial charge in [0.1, 0.15) is 5.52 Å². The number of nitrogens with zero attached hydrogens (tertiary/aromatic N) is 3. The molecule has 0 aliphatic rings. The van der Waals surface area contributed by atoms with E-state index in [9.17, 15) is 4.79 Å². The molecule has 4 N–H and O–H groups in total. The van der Waals surface area contributed by atoms with Gasteiger partial charge in [-0.1, -0.05) is 25.1 Å². The molecule has 3 aromatic rings. The smallest absolute Gasteiger partial charge is 0.314 e. The number of urea groups is 1. The topological polar surface area (TPSA) is 97.9 Å². The molecule has 0 bridgehead atoms. The van der Waals surface area contributed by atoms with Crippen molar-refractivity contribution in [3.8, 4) is 0 Å². The number of para-hydroxylation sites is 1. The Morgan fingerprint density at radius 1 is 1.21 bits per heavy atom. The molecule has 7 nitrogen and oxygen atoms in total. The SMILES string of the molecule is CC(C)NC(=O)NCCCCn1cnc2c(C(C)CN)nc3ccccc3c21. The third-order valence-electron chi connectivity index (χ3n) is 4.83. The van der Waals surface area contributed by atoms with E-state index >= 15 is 0 Å². The number of hydrogen-bond acceptors (Lipinski definition) is 4. The molecule has 7 heteroatoms. The molecule has 1 unspecified atom stereocenters. The fourth-order valence-corrected chi connectivity index (χ4v) is 3.35. The van der Waals surface area contributed by atoms with Crippen LogP contribution in [0.15, 0.2) is 30.6 Å². The summed E-state index contributed by atoms with van der Waals surface area (Å²) in [5.41, 5.74) is 9.88. The summed E-state index contributed by atoms with van der Waals surface area (Å²) in [7, 11) is 0. The highest BCUT2D eigenvalue weighted by Gasteiger charge is 2.17. The molecule has 2 amide bonds. The number of nitrogens with one attached hydrogen (secondary N) is 2. The molecule has 0 saturated heterocycles. The van der Waals surface area contributed by atoms with E-state index in [-0.39, 0.29) is 18.0 Å². The lowest BCUT2D eigenvalue weighted by Crippen LogP contribution is -2.39. The van der Waals surface area contributed by atoms with Crippen LogP contribution in [0.3, 0.4) is 0 Å². The molecule has 0 saturated carbocycles. The Balaban J connectivity index is 1.75. The number of pyridine rings is 1. The van der Waals surface area contributed by atoms with Crippen LogP contribution in [0.1, 0.15) is 45.2 Å². The van der Waals surface area contributed by atoms with Crippen LogP contribution in [0.25, 0.3) is 21.9 Å². The molecule has 1 atom stereocenters. The Morgan fingerprint density at radius 3 is 2.75 bits per heavy atom. The lowest BCUT2D eigenvalue weighted by Gasteiger charge is -2.13. The van der Waals surface area contributed by atoms with Crippen LogP contribution in [0.4, 0.5) is 4.79 Å². The predicted molar refractivity (Wildman–Crippen MR) is 113 cm³/mol. The first kappa shape index (κ1) is 20.1. The normalized spacial score (nSPS) is 12.6. The highest BCUT2D eigenvalue weighted by Crippen LogP contribution is 2.29. The van der Waals surface area contributed by atoms with Gasteiger partial charge in [-0.15, -0.1) is 0 Å². The fraction of sp³-hybridized carbons (Fsp3) is 0.476. The van der Waals surface area contributed by atoms with E-state index in [0.717, 1.165) is 47.0 Å². The quantitative estimate of drug-likeness (QED) is 0.521. The van der Waals surface area contributed by atoms with E-state index in [0.29, 0.717) is 13.1 Å². The fourth-order valence-electron chi connectivity index (χ4n) is 3.35. The number of carbonyl (C=O) groups is 1. The van der Waals surface area contributed by atoms with Gasteiger partial charge < -0.3 is 20.9 Å². The molecule has 0 aliphatic carbocycles. The number of unbranched alkanes of at least 4 members (excludes halogenated alkanes) is 1. The van der Waals surface area contributed by atoms with Crippen molar-refractivity contribution >= 4 is 28.0 Å². The molecular weight excluding hydrogens is 352 g/mol. The van der Waals surface area contributed by atoms with E-state index in [1.807, 2.05) is 38.4 Å². The van der Waals surface area contributed by atoms with Gasteiger partial charge in [0.05, 0.1) is 23.1 Å². The third-order valence-corrected chi connectivity index (χ3v) is 4.83. The number of rotatable bonds is 8. The van der Waals surface area contributed by atoms with Crippen LogP contribution >= 0.6 is 0 Å². The number of nitrogens with two attached hydrogens (primary N) is 1. The first-order valence-corrected chi connectivity index (χ1v) is 9.99. The van der Waals surface area contributed by atoms with E-state index in [1.165, 1.54) is 0 Å². The molecule has 0 spiro atoms. The molecule has 0 fully saturated rings. The van der Waals surface area contributed by atoms with Gasteiger partial charge in [0, 0.05) is 37.0 Å². The maximum absolute atomic E-state index is 11.6. The number of benzene rings is 1. The zero-order chi connectivity index (χ0) is 20.1. The summed E-state index contributed by atoms with van der Waals surface area (Å²) in [5, 5.41) is 6.83. The van der Waals surface area contributed by atoms with Gasteiger partial charge in [-0.25, -0.2) is 9.78 Å². The summed E-state index contributed by atoms with van der Waals surface area (Å²) >= 11 is 0. The zero-order valence-corrected chi connectivity index (χ0v) is 16.9. The number of fused-ring (bicyclic) bond motifs is 3. The predicted octanol–water partition coefficient (Wildman–Crippen LogP) is 3.13. The van der Waals surface area contributed by atoms with Gasteiger partial charge >= 0.3 is 6.03 Å². The minimum absolute atomic E-state index is 0.111. The standard InChI is InChI=1S/C21H30N6O/c1-14(2)25-21(28)23-10-6-7-11-27-13-24-19-18(15(3)12-22)26-17-9-5-4-8-16(17)20(19)27/h4-5,8-9,13-15H,6-7,10-12,22H2,1-3H3,(H2,23,25,28). The summed E-state index contributed by atoms with van der Waals surface area (Å²) in [5.74, 6) is 0.152. The average molecular weight is 383 g/mol. The van der Waals surface area contributed by atoms with Gasteiger partial charge in [-0.05, 0) is 32.8 Å². The van der Waals surface area contributed by atoms with Gasteiger partial charge in [-0.2, -0.15) is 0 Å². The number of hydrogen-bond donors (Lipinski definition) is 3. The second-order valence-corrected chi connectivity index (χ2v) is 7.55. The number of amides is 2. The lowest BCUT2D eigenvalue weighted by atomic mass is 10.0. The van der Waals surface area contributed by atoms with Crippen LogP contribution in [0.2, 0.25) is 0 Å². The lowest BCUT2D eigenvalue weighted by molar-refractivity contribution is 0.238. The molecule has 1 aromatic carbocycles. The molecule has 28 heavy (non-hydrogen) atoms. The Kier molecular flexibility index (Phi) is 6.46. The van der Waals surface area contributed by atoms with Crippen molar-refractivity contribution in [2.24, 2.45) is 5.73 Å². The molecular formula is C21H30N6O.